The van der Waals surface area contributed by atoms with Crippen LogP contribution in [0.5, 0.6) is 0 Å². The molecule has 130 valence electrons. The molecule has 1 unspecified atom stereocenters. The van der Waals surface area contributed by atoms with Crippen molar-refractivity contribution < 1.29 is 14.4 Å². The van der Waals surface area contributed by atoms with Crippen LogP contribution in [0.2, 0.25) is 0 Å². The number of nitrogens with zero attached hydrogens (tertiary/aromatic N) is 3. The SMILES string of the molecule is O=C(N/N=C/C1C(=O)NC(=S)N(c2ccccc2)C1=O)c1ccccn1. The normalized spacial score (nSPS) is 17.3. The first kappa shape index (κ1) is 17.4. The fourth-order valence-electron chi connectivity index (χ4n) is 2.27. The summed E-state index contributed by atoms with van der Waals surface area (Å²) in [6, 6.07) is 13.5. The van der Waals surface area contributed by atoms with E-state index in [1.165, 1.54) is 17.2 Å². The molecule has 3 rings (SSSR count). The minimum absolute atomic E-state index is 0.00614. The lowest BCUT2D eigenvalue weighted by molar-refractivity contribution is -0.130. The van der Waals surface area contributed by atoms with Gasteiger partial charge in [-0.15, -0.1) is 0 Å². The van der Waals surface area contributed by atoms with E-state index in [0.29, 0.717) is 5.69 Å². The Morgan fingerprint density at radius 1 is 1.19 bits per heavy atom. The van der Waals surface area contributed by atoms with Gasteiger partial charge in [0.05, 0.1) is 5.69 Å². The van der Waals surface area contributed by atoms with Crippen molar-refractivity contribution in [3.05, 3.63) is 60.4 Å². The van der Waals surface area contributed by atoms with Crippen molar-refractivity contribution in [1.29, 1.82) is 0 Å². The highest BCUT2D eigenvalue weighted by Gasteiger charge is 2.38. The topological polar surface area (TPSA) is 104 Å². The number of benzene rings is 1. The number of thiocarbonyl (C=S) groups is 1. The summed E-state index contributed by atoms with van der Waals surface area (Å²) in [4.78, 5) is 41.7. The number of carbonyl (C=O) groups excluding carboxylic acids is 3. The van der Waals surface area contributed by atoms with E-state index >= 15 is 0 Å². The predicted molar refractivity (Wildman–Crippen MR) is 98.4 cm³/mol. The van der Waals surface area contributed by atoms with Crippen molar-refractivity contribution in [3.8, 4) is 0 Å². The molecule has 0 aliphatic carbocycles. The molecule has 0 saturated carbocycles. The minimum Gasteiger partial charge on any atom is -0.301 e. The maximum Gasteiger partial charge on any atom is 0.289 e. The number of para-hydroxylation sites is 1. The van der Waals surface area contributed by atoms with Gasteiger partial charge in [0.25, 0.3) is 11.8 Å². The second-order valence-electron chi connectivity index (χ2n) is 5.22. The molecule has 26 heavy (non-hydrogen) atoms. The van der Waals surface area contributed by atoms with Crippen molar-refractivity contribution in [1.82, 2.24) is 15.7 Å². The Balaban J connectivity index is 1.74. The zero-order chi connectivity index (χ0) is 18.5. The zero-order valence-corrected chi connectivity index (χ0v) is 14.1. The lowest BCUT2D eigenvalue weighted by atomic mass is 10.1. The van der Waals surface area contributed by atoms with E-state index in [9.17, 15) is 14.4 Å². The van der Waals surface area contributed by atoms with E-state index in [1.807, 2.05) is 0 Å². The van der Waals surface area contributed by atoms with E-state index in [1.54, 1.807) is 42.5 Å². The number of amides is 3. The van der Waals surface area contributed by atoms with E-state index in [2.05, 4.69) is 20.8 Å². The summed E-state index contributed by atoms with van der Waals surface area (Å²) in [5.41, 5.74) is 2.93. The number of hydrazone groups is 1. The van der Waals surface area contributed by atoms with Crippen molar-refractivity contribution in [2.45, 2.75) is 0 Å². The first-order chi connectivity index (χ1) is 12.6. The molecule has 1 fully saturated rings. The molecule has 9 heteroatoms. The molecular formula is C17H13N5O3S. The van der Waals surface area contributed by atoms with Crippen LogP contribution >= 0.6 is 12.2 Å². The van der Waals surface area contributed by atoms with Crippen LogP contribution in [0, 0.1) is 5.92 Å². The van der Waals surface area contributed by atoms with Crippen LogP contribution in [0.15, 0.2) is 59.8 Å². The zero-order valence-electron chi connectivity index (χ0n) is 13.3. The molecule has 3 amide bonds. The van der Waals surface area contributed by atoms with Gasteiger partial charge in [-0.3, -0.25) is 24.3 Å². The molecule has 1 aromatic carbocycles. The maximum atomic E-state index is 12.7. The fraction of sp³-hybridized carbons (Fsp3) is 0.0588. The number of nitrogens with one attached hydrogen (secondary N) is 2. The number of hydrogen-bond acceptors (Lipinski definition) is 6. The molecule has 1 aromatic heterocycles. The first-order valence-corrected chi connectivity index (χ1v) is 7.97. The number of aromatic nitrogens is 1. The summed E-state index contributed by atoms with van der Waals surface area (Å²) in [6.07, 6.45) is 2.53. The summed E-state index contributed by atoms with van der Waals surface area (Å²) in [6.45, 7) is 0. The minimum atomic E-state index is -1.22. The number of hydrogen-bond donors (Lipinski definition) is 2. The van der Waals surface area contributed by atoms with Gasteiger partial charge in [0.1, 0.15) is 5.69 Å². The molecule has 8 nitrogen and oxygen atoms in total. The van der Waals surface area contributed by atoms with Crippen molar-refractivity contribution in [2.75, 3.05) is 4.90 Å². The number of carbonyl (C=O) groups is 3. The monoisotopic (exact) mass is 367 g/mol. The van der Waals surface area contributed by atoms with Gasteiger partial charge in [0, 0.05) is 12.4 Å². The van der Waals surface area contributed by atoms with Gasteiger partial charge in [-0.2, -0.15) is 5.10 Å². The average molecular weight is 367 g/mol. The van der Waals surface area contributed by atoms with Gasteiger partial charge in [-0.05, 0) is 36.5 Å². The Morgan fingerprint density at radius 2 is 1.92 bits per heavy atom. The van der Waals surface area contributed by atoms with Gasteiger partial charge in [-0.1, -0.05) is 24.3 Å². The van der Waals surface area contributed by atoms with Crippen LogP contribution < -0.4 is 15.6 Å². The molecule has 1 atom stereocenters. The Hall–Kier alpha value is -3.46. The van der Waals surface area contributed by atoms with Crippen LogP contribution in [-0.2, 0) is 9.59 Å². The van der Waals surface area contributed by atoms with Crippen molar-refractivity contribution >= 4 is 47.0 Å². The van der Waals surface area contributed by atoms with Gasteiger partial charge < -0.3 is 5.32 Å². The molecule has 0 spiro atoms. The third-order valence-corrected chi connectivity index (χ3v) is 3.79. The molecule has 2 N–H and O–H groups in total. The lowest BCUT2D eigenvalue weighted by Crippen LogP contribution is -2.58. The quantitative estimate of drug-likeness (QED) is 0.361. The Labute approximate surface area is 153 Å². The third-order valence-electron chi connectivity index (χ3n) is 3.50. The number of rotatable bonds is 4. The largest absolute Gasteiger partial charge is 0.301 e. The van der Waals surface area contributed by atoms with Gasteiger partial charge in [-0.25, -0.2) is 5.43 Å². The lowest BCUT2D eigenvalue weighted by Gasteiger charge is -2.30. The summed E-state index contributed by atoms with van der Waals surface area (Å²) >= 11 is 5.08. The van der Waals surface area contributed by atoms with E-state index in [0.717, 1.165) is 6.21 Å². The smallest absolute Gasteiger partial charge is 0.289 e. The Kier molecular flexibility index (Phi) is 5.09. The molecule has 0 bridgehead atoms. The van der Waals surface area contributed by atoms with Crippen LogP contribution in [-0.4, -0.2) is 34.0 Å². The molecule has 1 saturated heterocycles. The second kappa shape index (κ2) is 7.62. The fourth-order valence-corrected chi connectivity index (χ4v) is 2.56. The van der Waals surface area contributed by atoms with Crippen molar-refractivity contribution in [2.24, 2.45) is 11.0 Å². The van der Waals surface area contributed by atoms with Crippen LogP contribution in [0.1, 0.15) is 10.5 Å². The van der Waals surface area contributed by atoms with Crippen LogP contribution in [0.25, 0.3) is 0 Å². The van der Waals surface area contributed by atoms with E-state index in [4.69, 9.17) is 12.2 Å². The summed E-state index contributed by atoms with van der Waals surface area (Å²) in [7, 11) is 0. The van der Waals surface area contributed by atoms with E-state index < -0.39 is 23.6 Å². The Morgan fingerprint density at radius 3 is 2.62 bits per heavy atom. The van der Waals surface area contributed by atoms with Gasteiger partial charge >= 0.3 is 0 Å². The highest BCUT2D eigenvalue weighted by atomic mass is 32.1. The summed E-state index contributed by atoms with van der Waals surface area (Å²) < 4.78 is 0. The van der Waals surface area contributed by atoms with Gasteiger partial charge in [0.2, 0.25) is 5.91 Å². The molecule has 0 radical (unpaired) electrons. The molecule has 2 aromatic rings. The van der Waals surface area contributed by atoms with Gasteiger partial charge in [0.15, 0.2) is 11.0 Å². The highest BCUT2D eigenvalue weighted by molar-refractivity contribution is 7.80. The highest BCUT2D eigenvalue weighted by Crippen LogP contribution is 2.19. The van der Waals surface area contributed by atoms with E-state index in [-0.39, 0.29) is 10.8 Å². The van der Waals surface area contributed by atoms with Crippen molar-refractivity contribution in [3.63, 3.8) is 0 Å². The van der Waals surface area contributed by atoms with Crippen LogP contribution in [0.3, 0.4) is 0 Å². The number of pyridine rings is 1. The molecular weight excluding hydrogens is 354 g/mol. The third kappa shape index (κ3) is 3.62. The number of anilines is 1. The molecule has 2 heterocycles. The molecule has 1 aliphatic rings. The van der Waals surface area contributed by atoms with Crippen LogP contribution in [0.4, 0.5) is 5.69 Å². The summed E-state index contributed by atoms with van der Waals surface area (Å²) in [5, 5.41) is 6.16. The average Bonchev–Trinajstić information content (AvgIpc) is 2.65. The maximum absolute atomic E-state index is 12.7. The Bertz CT molecular complexity index is 886. The standard InChI is InChI=1S/C17H13N5O3S/c23-14-12(10-19-21-15(24)13-8-4-5-9-18-13)16(25)22(17(26)20-14)11-6-2-1-3-7-11/h1-10,12H,(H,21,24)(H,20,23,26)/b19-10+. The summed E-state index contributed by atoms with van der Waals surface area (Å²) in [5.74, 6) is -2.93. The predicted octanol–water partition coefficient (Wildman–Crippen LogP) is 0.861. The molecule has 1 aliphatic heterocycles. The second-order valence-corrected chi connectivity index (χ2v) is 5.60. The first-order valence-electron chi connectivity index (χ1n) is 7.56.